The van der Waals surface area contributed by atoms with Crippen LogP contribution < -0.4 is 5.73 Å². The van der Waals surface area contributed by atoms with Crippen molar-refractivity contribution < 1.29 is 4.79 Å². The summed E-state index contributed by atoms with van der Waals surface area (Å²) in [6, 6.07) is 7.11. The molecule has 0 aliphatic carbocycles. The standard InChI is InChI=1S/C12H11ClN2OS/c13-12-2-1-10(17-12)6-11(16)8-3-4-15-9(5-8)7-14/h1-5H,6-7,14H2. The highest BCUT2D eigenvalue weighted by molar-refractivity contribution is 7.16. The Balaban J connectivity index is 2.14. The number of Topliss-reactive ketones (excluding diaryl/α,β-unsaturated/α-hetero) is 1. The average Bonchev–Trinajstić information content (AvgIpc) is 2.75. The Bertz CT molecular complexity index is 539. The highest BCUT2D eigenvalue weighted by atomic mass is 35.5. The third kappa shape index (κ3) is 3.12. The van der Waals surface area contributed by atoms with E-state index < -0.39 is 0 Å². The number of thiophene rings is 1. The second-order valence-electron chi connectivity index (χ2n) is 3.55. The van der Waals surface area contributed by atoms with Gasteiger partial charge in [-0.25, -0.2) is 0 Å². The van der Waals surface area contributed by atoms with Gasteiger partial charge < -0.3 is 5.73 Å². The summed E-state index contributed by atoms with van der Waals surface area (Å²) in [4.78, 5) is 17.0. The van der Waals surface area contributed by atoms with Gasteiger partial charge in [0.25, 0.3) is 0 Å². The van der Waals surface area contributed by atoms with Gasteiger partial charge in [-0.3, -0.25) is 9.78 Å². The molecule has 2 aromatic rings. The number of halogens is 1. The molecule has 0 aromatic carbocycles. The van der Waals surface area contributed by atoms with Crippen LogP contribution in [0.1, 0.15) is 20.9 Å². The van der Waals surface area contributed by atoms with Crippen LogP contribution in [0.4, 0.5) is 0 Å². The van der Waals surface area contributed by atoms with Crippen LogP contribution in [0.3, 0.4) is 0 Å². The molecule has 2 N–H and O–H groups in total. The maximum Gasteiger partial charge on any atom is 0.168 e. The van der Waals surface area contributed by atoms with Crippen LogP contribution in [-0.2, 0) is 13.0 Å². The number of ketones is 1. The van der Waals surface area contributed by atoms with E-state index in [4.69, 9.17) is 17.3 Å². The van der Waals surface area contributed by atoms with Crippen molar-refractivity contribution in [2.24, 2.45) is 5.73 Å². The minimum atomic E-state index is 0.0561. The summed E-state index contributed by atoms with van der Waals surface area (Å²) in [5.74, 6) is 0.0561. The number of hydrogen-bond acceptors (Lipinski definition) is 4. The first-order valence-electron chi connectivity index (χ1n) is 5.11. The highest BCUT2D eigenvalue weighted by Crippen LogP contribution is 2.22. The summed E-state index contributed by atoms with van der Waals surface area (Å²) < 4.78 is 0.699. The predicted octanol–water partition coefficient (Wildman–Crippen LogP) is 2.68. The topological polar surface area (TPSA) is 56.0 Å². The van der Waals surface area contributed by atoms with Crippen LogP contribution in [0, 0.1) is 0 Å². The monoisotopic (exact) mass is 266 g/mol. The van der Waals surface area contributed by atoms with Crippen molar-refractivity contribution in [2.45, 2.75) is 13.0 Å². The van der Waals surface area contributed by atoms with Gasteiger partial charge in [-0.1, -0.05) is 11.6 Å². The van der Waals surface area contributed by atoms with Gasteiger partial charge in [-0.2, -0.15) is 0 Å². The lowest BCUT2D eigenvalue weighted by Crippen LogP contribution is -2.06. The Kier molecular flexibility index (Phi) is 3.89. The van der Waals surface area contributed by atoms with E-state index >= 15 is 0 Å². The summed E-state index contributed by atoms with van der Waals surface area (Å²) in [7, 11) is 0. The smallest absolute Gasteiger partial charge is 0.168 e. The lowest BCUT2D eigenvalue weighted by atomic mass is 10.1. The fourth-order valence-corrected chi connectivity index (χ4v) is 2.56. The number of nitrogens with zero attached hydrogens (tertiary/aromatic N) is 1. The summed E-state index contributed by atoms with van der Waals surface area (Å²) in [6.45, 7) is 0.339. The molecular weight excluding hydrogens is 256 g/mol. The number of rotatable bonds is 4. The van der Waals surface area contributed by atoms with Crippen molar-refractivity contribution in [1.29, 1.82) is 0 Å². The van der Waals surface area contributed by atoms with Crippen LogP contribution in [0.15, 0.2) is 30.5 Å². The summed E-state index contributed by atoms with van der Waals surface area (Å²) >= 11 is 7.24. The van der Waals surface area contributed by atoms with E-state index in [1.807, 2.05) is 6.07 Å². The van der Waals surface area contributed by atoms with Gasteiger partial charge in [0, 0.05) is 29.6 Å². The molecule has 0 radical (unpaired) electrons. The summed E-state index contributed by atoms with van der Waals surface area (Å²) in [5.41, 5.74) is 6.85. The molecule has 2 rings (SSSR count). The van der Waals surface area contributed by atoms with Crippen molar-refractivity contribution in [2.75, 3.05) is 0 Å². The van der Waals surface area contributed by atoms with E-state index in [9.17, 15) is 4.79 Å². The zero-order valence-electron chi connectivity index (χ0n) is 9.02. The second-order valence-corrected chi connectivity index (χ2v) is 5.35. The Morgan fingerprint density at radius 2 is 2.24 bits per heavy atom. The minimum Gasteiger partial charge on any atom is -0.325 e. The largest absolute Gasteiger partial charge is 0.325 e. The van der Waals surface area contributed by atoms with E-state index in [0.29, 0.717) is 22.9 Å². The van der Waals surface area contributed by atoms with E-state index in [2.05, 4.69) is 4.98 Å². The Hall–Kier alpha value is -1.23. The van der Waals surface area contributed by atoms with Gasteiger partial charge in [0.15, 0.2) is 5.78 Å². The zero-order valence-corrected chi connectivity index (χ0v) is 10.6. The van der Waals surface area contributed by atoms with E-state index in [-0.39, 0.29) is 5.78 Å². The number of hydrogen-bond donors (Lipinski definition) is 1. The van der Waals surface area contributed by atoms with Crippen molar-refractivity contribution in [1.82, 2.24) is 4.98 Å². The summed E-state index contributed by atoms with van der Waals surface area (Å²) in [5, 5.41) is 0. The number of carbonyl (C=O) groups is 1. The fraction of sp³-hybridized carbons (Fsp3) is 0.167. The van der Waals surface area contributed by atoms with Crippen molar-refractivity contribution in [3.05, 3.63) is 50.9 Å². The van der Waals surface area contributed by atoms with E-state index in [1.54, 1.807) is 24.4 Å². The molecule has 0 aliphatic rings. The van der Waals surface area contributed by atoms with Crippen LogP contribution in [-0.4, -0.2) is 10.8 Å². The molecule has 5 heteroatoms. The quantitative estimate of drug-likeness (QED) is 0.866. The van der Waals surface area contributed by atoms with Gasteiger partial charge in [0.1, 0.15) is 0 Å². The summed E-state index contributed by atoms with van der Waals surface area (Å²) in [6.07, 6.45) is 1.97. The Morgan fingerprint density at radius 1 is 1.41 bits per heavy atom. The van der Waals surface area contributed by atoms with Gasteiger partial charge in [-0.05, 0) is 24.3 Å². The van der Waals surface area contributed by atoms with Crippen molar-refractivity contribution in [3.8, 4) is 0 Å². The van der Waals surface area contributed by atoms with Gasteiger partial charge >= 0.3 is 0 Å². The van der Waals surface area contributed by atoms with Gasteiger partial charge in [0.05, 0.1) is 10.0 Å². The second kappa shape index (κ2) is 5.40. The number of nitrogens with two attached hydrogens (primary N) is 1. The van der Waals surface area contributed by atoms with Crippen molar-refractivity contribution in [3.63, 3.8) is 0 Å². The molecule has 2 aromatic heterocycles. The van der Waals surface area contributed by atoms with Gasteiger partial charge in [0.2, 0.25) is 0 Å². The van der Waals surface area contributed by atoms with Crippen molar-refractivity contribution >= 4 is 28.7 Å². The lowest BCUT2D eigenvalue weighted by molar-refractivity contribution is 0.0993. The molecule has 0 aliphatic heterocycles. The fourth-order valence-electron chi connectivity index (χ4n) is 1.47. The van der Waals surface area contributed by atoms with Gasteiger partial charge in [-0.15, -0.1) is 11.3 Å². The third-order valence-electron chi connectivity index (χ3n) is 2.31. The molecule has 0 saturated heterocycles. The molecule has 0 spiro atoms. The van der Waals surface area contributed by atoms with Crippen LogP contribution in [0.25, 0.3) is 0 Å². The number of aromatic nitrogens is 1. The lowest BCUT2D eigenvalue weighted by Gasteiger charge is -2.01. The first-order chi connectivity index (χ1) is 8.19. The van der Waals surface area contributed by atoms with Crippen LogP contribution in [0.5, 0.6) is 0 Å². The molecule has 17 heavy (non-hydrogen) atoms. The maximum absolute atomic E-state index is 12.0. The number of pyridine rings is 1. The molecule has 88 valence electrons. The third-order valence-corrected chi connectivity index (χ3v) is 3.54. The Morgan fingerprint density at radius 3 is 2.88 bits per heavy atom. The predicted molar refractivity (Wildman–Crippen MR) is 69.5 cm³/mol. The van der Waals surface area contributed by atoms with Crippen LogP contribution in [0.2, 0.25) is 4.34 Å². The molecule has 0 fully saturated rings. The molecule has 0 amide bonds. The van der Waals surface area contributed by atoms with E-state index in [1.165, 1.54) is 11.3 Å². The number of carbonyl (C=O) groups excluding carboxylic acids is 1. The highest BCUT2D eigenvalue weighted by Gasteiger charge is 2.09. The molecule has 2 heterocycles. The maximum atomic E-state index is 12.0. The Labute approximate surface area is 108 Å². The molecule has 0 bridgehead atoms. The zero-order chi connectivity index (χ0) is 12.3. The molecule has 0 unspecified atom stereocenters. The SMILES string of the molecule is NCc1cc(C(=O)Cc2ccc(Cl)s2)ccn1. The molecular formula is C12H11ClN2OS. The first-order valence-corrected chi connectivity index (χ1v) is 6.31. The van der Waals surface area contributed by atoms with Crippen LogP contribution >= 0.6 is 22.9 Å². The minimum absolute atomic E-state index is 0.0561. The molecule has 0 saturated carbocycles. The average molecular weight is 267 g/mol. The molecule has 0 atom stereocenters. The van der Waals surface area contributed by atoms with E-state index in [0.717, 1.165) is 10.6 Å². The molecule has 3 nitrogen and oxygen atoms in total. The first kappa shape index (κ1) is 12.2. The normalized spacial score (nSPS) is 10.5.